The molecule has 0 unspecified atom stereocenters. The molecule has 0 radical (unpaired) electrons. The summed E-state index contributed by atoms with van der Waals surface area (Å²) in [6.07, 6.45) is -2.47. The molecule has 2 rings (SSSR count). The van der Waals surface area contributed by atoms with Crippen LogP contribution in [0, 0.1) is 6.07 Å². The molecular weight excluding hydrogens is 360 g/mol. The van der Waals surface area contributed by atoms with E-state index in [1.807, 2.05) is 0 Å². The van der Waals surface area contributed by atoms with E-state index in [2.05, 4.69) is 10.8 Å². The van der Waals surface area contributed by atoms with Gasteiger partial charge in [0.05, 0.1) is 6.10 Å². The molecular formula is C10H8F3IMgO2. The van der Waals surface area contributed by atoms with Gasteiger partial charge in [0, 0.05) is 11.5 Å². The van der Waals surface area contributed by atoms with Crippen molar-refractivity contribution in [1.29, 1.82) is 0 Å². The monoisotopic (exact) mass is 368 g/mol. The summed E-state index contributed by atoms with van der Waals surface area (Å²) < 4.78 is 44.4. The second-order valence-corrected chi connectivity index (χ2v) is 3.25. The zero-order valence-electron chi connectivity index (χ0n) is 8.76. The Balaban J connectivity index is 0.00000128. The van der Waals surface area contributed by atoms with Gasteiger partial charge in [0.15, 0.2) is 0 Å². The number of alkyl halides is 3. The van der Waals surface area contributed by atoms with Crippen LogP contribution in [0.4, 0.5) is 13.2 Å². The van der Waals surface area contributed by atoms with Crippen LogP contribution in [0.3, 0.4) is 0 Å². The molecule has 1 aliphatic rings. The maximum Gasteiger partial charge on any atom is 2.00 e. The molecule has 1 saturated carbocycles. The van der Waals surface area contributed by atoms with Crippen LogP contribution in [-0.4, -0.2) is 35.5 Å². The first-order chi connectivity index (χ1) is 7.03. The SMILES string of the molecule is FC(F)(F)Oc1c[c-]c(OC2CC2)cc1.[I-].[Mg+2]. The number of hydrogen-bond donors (Lipinski definition) is 0. The molecule has 0 amide bonds. The van der Waals surface area contributed by atoms with Gasteiger partial charge in [-0.25, -0.2) is 0 Å². The van der Waals surface area contributed by atoms with E-state index in [1.54, 1.807) is 0 Å². The van der Waals surface area contributed by atoms with Crippen LogP contribution in [0.5, 0.6) is 11.5 Å². The Hall–Kier alpha value is 0.106. The molecule has 0 saturated heterocycles. The smallest absolute Gasteiger partial charge is 1.00 e. The normalized spacial score (nSPS) is 14.3. The number of halogens is 4. The van der Waals surface area contributed by atoms with Gasteiger partial charge in [-0.1, -0.05) is 0 Å². The van der Waals surface area contributed by atoms with Gasteiger partial charge in [0.25, 0.3) is 0 Å². The molecule has 7 heteroatoms. The minimum Gasteiger partial charge on any atom is -1.00 e. The molecule has 1 aromatic rings. The molecule has 0 atom stereocenters. The summed E-state index contributed by atoms with van der Waals surface area (Å²) in [6, 6.07) is 6.33. The van der Waals surface area contributed by atoms with Crippen LogP contribution in [0.2, 0.25) is 0 Å². The standard InChI is InChI=1S/C10H8F3O2.HI.Mg/c11-10(12,13)15-9-5-3-8(4-6-9)14-7-1-2-7;;/h3,5-7H,1-2H2;1H;/q-1;;+2/p-1. The first-order valence-corrected chi connectivity index (χ1v) is 4.47. The zero-order valence-corrected chi connectivity index (χ0v) is 12.3. The van der Waals surface area contributed by atoms with Crippen molar-refractivity contribution in [2.24, 2.45) is 0 Å². The van der Waals surface area contributed by atoms with Crippen LogP contribution < -0.4 is 33.5 Å². The van der Waals surface area contributed by atoms with E-state index in [1.165, 1.54) is 12.1 Å². The fraction of sp³-hybridized carbons (Fsp3) is 0.400. The molecule has 1 fully saturated rings. The van der Waals surface area contributed by atoms with E-state index in [0.29, 0.717) is 5.75 Å². The fourth-order valence-electron chi connectivity index (χ4n) is 1.03. The first kappa shape index (κ1) is 17.1. The average molecular weight is 368 g/mol. The fourth-order valence-corrected chi connectivity index (χ4v) is 1.03. The molecule has 17 heavy (non-hydrogen) atoms. The van der Waals surface area contributed by atoms with Crippen LogP contribution >= 0.6 is 0 Å². The van der Waals surface area contributed by atoms with Gasteiger partial charge in [-0.15, -0.1) is 37.4 Å². The Morgan fingerprint density at radius 1 is 1.24 bits per heavy atom. The molecule has 1 aliphatic carbocycles. The number of rotatable bonds is 3. The van der Waals surface area contributed by atoms with Crippen molar-refractivity contribution >= 4 is 23.1 Å². The van der Waals surface area contributed by atoms with Gasteiger partial charge >= 0.3 is 29.4 Å². The summed E-state index contributed by atoms with van der Waals surface area (Å²) in [5.41, 5.74) is 0. The van der Waals surface area contributed by atoms with Gasteiger partial charge in [0.2, 0.25) is 0 Å². The molecule has 0 heterocycles. The third-order valence-electron chi connectivity index (χ3n) is 1.81. The maximum absolute atomic E-state index is 11.8. The molecule has 0 N–H and O–H groups in total. The summed E-state index contributed by atoms with van der Waals surface area (Å²) in [5, 5.41) is 0. The Morgan fingerprint density at radius 2 is 1.88 bits per heavy atom. The maximum atomic E-state index is 11.8. The van der Waals surface area contributed by atoms with Crippen molar-refractivity contribution in [1.82, 2.24) is 0 Å². The Labute approximate surface area is 130 Å². The number of benzene rings is 1. The van der Waals surface area contributed by atoms with Crippen molar-refractivity contribution in [2.45, 2.75) is 25.3 Å². The van der Waals surface area contributed by atoms with Crippen molar-refractivity contribution in [2.75, 3.05) is 0 Å². The minimum absolute atomic E-state index is 0. The van der Waals surface area contributed by atoms with E-state index in [-0.39, 0.29) is 58.9 Å². The second-order valence-electron chi connectivity index (χ2n) is 3.25. The molecule has 0 spiro atoms. The topological polar surface area (TPSA) is 18.5 Å². The zero-order chi connectivity index (χ0) is 10.9. The van der Waals surface area contributed by atoms with Gasteiger partial charge < -0.3 is 33.5 Å². The second kappa shape index (κ2) is 6.88. The van der Waals surface area contributed by atoms with Crippen molar-refractivity contribution in [3.63, 3.8) is 0 Å². The third-order valence-corrected chi connectivity index (χ3v) is 1.81. The average Bonchev–Trinajstić information content (AvgIpc) is 2.90. The van der Waals surface area contributed by atoms with Gasteiger partial charge in [-0.05, 0) is 12.8 Å². The largest absolute Gasteiger partial charge is 2.00 e. The predicted molar refractivity (Wildman–Crippen MR) is 51.4 cm³/mol. The van der Waals surface area contributed by atoms with E-state index in [9.17, 15) is 13.2 Å². The quantitative estimate of drug-likeness (QED) is 0.409. The summed E-state index contributed by atoms with van der Waals surface area (Å²) in [6.45, 7) is 0. The van der Waals surface area contributed by atoms with E-state index in [0.717, 1.165) is 18.9 Å². The summed E-state index contributed by atoms with van der Waals surface area (Å²) in [7, 11) is 0. The van der Waals surface area contributed by atoms with Crippen molar-refractivity contribution < 1.29 is 46.6 Å². The minimum atomic E-state index is -4.66. The summed E-state index contributed by atoms with van der Waals surface area (Å²) in [5.74, 6) is 0.165. The summed E-state index contributed by atoms with van der Waals surface area (Å²) in [4.78, 5) is 0. The Morgan fingerprint density at radius 3 is 2.29 bits per heavy atom. The third kappa shape index (κ3) is 6.56. The number of hydrogen-bond acceptors (Lipinski definition) is 2. The van der Waals surface area contributed by atoms with Crippen LogP contribution in [0.25, 0.3) is 0 Å². The van der Waals surface area contributed by atoms with Crippen molar-refractivity contribution in [3.05, 3.63) is 24.3 Å². The van der Waals surface area contributed by atoms with Crippen LogP contribution in [0.1, 0.15) is 12.8 Å². The van der Waals surface area contributed by atoms with Crippen molar-refractivity contribution in [3.8, 4) is 11.5 Å². The van der Waals surface area contributed by atoms with E-state index >= 15 is 0 Å². The Bertz CT molecular complexity index is 338. The first-order valence-electron chi connectivity index (χ1n) is 4.47. The van der Waals surface area contributed by atoms with Gasteiger partial charge in [0.1, 0.15) is 0 Å². The summed E-state index contributed by atoms with van der Waals surface area (Å²) >= 11 is 0. The van der Waals surface area contributed by atoms with Gasteiger partial charge in [-0.3, -0.25) is 0 Å². The van der Waals surface area contributed by atoms with E-state index < -0.39 is 6.36 Å². The molecule has 0 bridgehead atoms. The molecule has 2 nitrogen and oxygen atoms in total. The van der Waals surface area contributed by atoms with E-state index in [4.69, 9.17) is 4.74 Å². The molecule has 90 valence electrons. The van der Waals surface area contributed by atoms with Crippen LogP contribution in [0.15, 0.2) is 18.2 Å². The number of ether oxygens (including phenoxy) is 2. The molecule has 0 aromatic heterocycles. The van der Waals surface area contributed by atoms with Crippen LogP contribution in [-0.2, 0) is 0 Å². The molecule has 1 aromatic carbocycles. The Kier molecular flexibility index (Phi) is 6.93. The molecule has 0 aliphatic heterocycles. The predicted octanol–water partition coefficient (Wildman–Crippen LogP) is -0.450. The van der Waals surface area contributed by atoms with Gasteiger partial charge in [-0.2, -0.15) is 0 Å².